The molecule has 4 nitrogen and oxygen atoms in total. The lowest BCUT2D eigenvalue weighted by Crippen LogP contribution is -2.52. The molecular formula is C17H24N4S. The maximum absolute atomic E-state index is 4.32. The molecule has 2 heterocycles. The zero-order valence-electron chi connectivity index (χ0n) is 13.4. The quantitative estimate of drug-likeness (QED) is 0.847. The zero-order valence-corrected chi connectivity index (χ0v) is 14.2. The maximum atomic E-state index is 4.32. The number of aromatic nitrogens is 2. The number of anilines is 1. The van der Waals surface area contributed by atoms with Crippen molar-refractivity contribution in [1.82, 2.24) is 15.1 Å². The molecule has 0 N–H and O–H groups in total. The standard InChI is InChI=1S/C17H24N4S/c1-3-7-16-13-21(17-19-18-14(2)22-17)11-10-20(16)12-15-8-5-4-6-9-15/h4-6,8-9,16H,3,7,10-13H2,1-2H3. The fourth-order valence-electron chi connectivity index (χ4n) is 3.11. The van der Waals surface area contributed by atoms with Crippen LogP contribution < -0.4 is 4.90 Å². The van der Waals surface area contributed by atoms with E-state index in [9.17, 15) is 0 Å². The first-order valence-corrected chi connectivity index (χ1v) is 8.91. The van der Waals surface area contributed by atoms with Gasteiger partial charge < -0.3 is 4.90 Å². The van der Waals surface area contributed by atoms with Gasteiger partial charge in [-0.15, -0.1) is 10.2 Å². The molecule has 118 valence electrons. The number of nitrogens with zero attached hydrogens (tertiary/aromatic N) is 4. The highest BCUT2D eigenvalue weighted by Crippen LogP contribution is 2.25. The number of aryl methyl sites for hydroxylation is 1. The Bertz CT molecular complexity index is 583. The van der Waals surface area contributed by atoms with E-state index in [1.54, 1.807) is 11.3 Å². The minimum absolute atomic E-state index is 0.600. The second-order valence-corrected chi connectivity index (χ2v) is 7.11. The summed E-state index contributed by atoms with van der Waals surface area (Å²) in [6, 6.07) is 11.4. The van der Waals surface area contributed by atoms with Gasteiger partial charge in [-0.05, 0) is 18.9 Å². The van der Waals surface area contributed by atoms with Gasteiger partial charge >= 0.3 is 0 Å². The van der Waals surface area contributed by atoms with Crippen molar-refractivity contribution in [2.45, 2.75) is 39.3 Å². The van der Waals surface area contributed by atoms with Crippen LogP contribution in [0.1, 0.15) is 30.3 Å². The first kappa shape index (κ1) is 15.4. The number of piperazine rings is 1. The molecule has 0 amide bonds. The molecule has 5 heteroatoms. The van der Waals surface area contributed by atoms with Gasteiger partial charge in [0, 0.05) is 32.2 Å². The predicted molar refractivity (Wildman–Crippen MR) is 92.4 cm³/mol. The SMILES string of the molecule is CCCC1CN(c2nnc(C)s2)CCN1Cc1ccccc1. The summed E-state index contributed by atoms with van der Waals surface area (Å²) in [6.07, 6.45) is 2.46. The summed E-state index contributed by atoms with van der Waals surface area (Å²) in [5, 5.41) is 10.6. The van der Waals surface area contributed by atoms with Crippen molar-refractivity contribution >= 4 is 16.5 Å². The average molecular weight is 316 g/mol. The van der Waals surface area contributed by atoms with E-state index in [0.29, 0.717) is 6.04 Å². The van der Waals surface area contributed by atoms with Crippen molar-refractivity contribution in [3.05, 3.63) is 40.9 Å². The minimum atomic E-state index is 0.600. The van der Waals surface area contributed by atoms with E-state index in [-0.39, 0.29) is 0 Å². The van der Waals surface area contributed by atoms with Gasteiger partial charge in [-0.25, -0.2) is 0 Å². The summed E-state index contributed by atoms with van der Waals surface area (Å²) in [5.74, 6) is 0. The number of hydrogen-bond donors (Lipinski definition) is 0. The lowest BCUT2D eigenvalue weighted by molar-refractivity contribution is 0.158. The molecule has 1 saturated heterocycles. The summed E-state index contributed by atoms with van der Waals surface area (Å²) < 4.78 is 0. The van der Waals surface area contributed by atoms with Crippen LogP contribution in [-0.2, 0) is 6.54 Å². The molecule has 1 aromatic carbocycles. The Balaban J connectivity index is 1.68. The van der Waals surface area contributed by atoms with Crippen LogP contribution in [0.5, 0.6) is 0 Å². The molecule has 1 atom stereocenters. The summed E-state index contributed by atoms with van der Waals surface area (Å²) in [5.41, 5.74) is 1.41. The molecule has 1 fully saturated rings. The third-order valence-electron chi connectivity index (χ3n) is 4.24. The largest absolute Gasteiger partial charge is 0.344 e. The summed E-state index contributed by atoms with van der Waals surface area (Å²) >= 11 is 1.70. The molecule has 22 heavy (non-hydrogen) atoms. The van der Waals surface area contributed by atoms with Gasteiger partial charge in [0.05, 0.1) is 0 Å². The van der Waals surface area contributed by atoms with Gasteiger partial charge in [0.2, 0.25) is 5.13 Å². The van der Waals surface area contributed by atoms with Crippen LogP contribution in [-0.4, -0.2) is 40.8 Å². The van der Waals surface area contributed by atoms with E-state index in [4.69, 9.17) is 0 Å². The average Bonchev–Trinajstić information content (AvgIpc) is 2.97. The van der Waals surface area contributed by atoms with Crippen LogP contribution >= 0.6 is 11.3 Å². The van der Waals surface area contributed by atoms with Gasteiger partial charge in [0.1, 0.15) is 5.01 Å². The second kappa shape index (κ2) is 7.20. The van der Waals surface area contributed by atoms with Crippen molar-refractivity contribution in [3.8, 4) is 0 Å². The highest BCUT2D eigenvalue weighted by Gasteiger charge is 2.27. The molecule has 3 rings (SSSR count). The molecule has 0 saturated carbocycles. The van der Waals surface area contributed by atoms with Crippen molar-refractivity contribution in [3.63, 3.8) is 0 Å². The lowest BCUT2D eigenvalue weighted by atomic mass is 10.1. The maximum Gasteiger partial charge on any atom is 0.208 e. The van der Waals surface area contributed by atoms with Crippen molar-refractivity contribution in [1.29, 1.82) is 0 Å². The molecule has 1 aliphatic heterocycles. The molecule has 0 bridgehead atoms. The smallest absolute Gasteiger partial charge is 0.208 e. The monoisotopic (exact) mass is 316 g/mol. The molecule has 0 spiro atoms. The normalized spacial score (nSPS) is 19.5. The molecule has 1 unspecified atom stereocenters. The topological polar surface area (TPSA) is 32.3 Å². The summed E-state index contributed by atoms with van der Waals surface area (Å²) in [7, 11) is 0. The number of benzene rings is 1. The second-order valence-electron chi connectivity index (χ2n) is 5.95. The minimum Gasteiger partial charge on any atom is -0.344 e. The van der Waals surface area contributed by atoms with Crippen molar-refractivity contribution in [2.75, 3.05) is 24.5 Å². The molecular weight excluding hydrogens is 292 g/mol. The predicted octanol–water partition coefficient (Wildman–Crippen LogP) is 3.34. The molecule has 2 aromatic rings. The first-order chi connectivity index (χ1) is 10.8. The van der Waals surface area contributed by atoms with Gasteiger partial charge in [-0.3, -0.25) is 4.90 Å². The van der Waals surface area contributed by atoms with Crippen LogP contribution in [0.4, 0.5) is 5.13 Å². The fraction of sp³-hybridized carbons (Fsp3) is 0.529. The van der Waals surface area contributed by atoms with E-state index in [1.165, 1.54) is 18.4 Å². The Labute approximate surface area is 136 Å². The molecule has 1 aliphatic rings. The highest BCUT2D eigenvalue weighted by molar-refractivity contribution is 7.15. The van der Waals surface area contributed by atoms with E-state index >= 15 is 0 Å². The van der Waals surface area contributed by atoms with Crippen LogP contribution in [0.15, 0.2) is 30.3 Å². The van der Waals surface area contributed by atoms with Gasteiger partial charge in [0.15, 0.2) is 0 Å². The van der Waals surface area contributed by atoms with Gasteiger partial charge in [-0.2, -0.15) is 0 Å². The molecule has 1 aromatic heterocycles. The van der Waals surface area contributed by atoms with Crippen molar-refractivity contribution < 1.29 is 0 Å². The summed E-state index contributed by atoms with van der Waals surface area (Å²) in [4.78, 5) is 5.04. The van der Waals surface area contributed by atoms with Gasteiger partial charge in [0.25, 0.3) is 0 Å². The van der Waals surface area contributed by atoms with Crippen LogP contribution in [0.25, 0.3) is 0 Å². The molecule has 0 aliphatic carbocycles. The third-order valence-corrected chi connectivity index (χ3v) is 5.14. The van der Waals surface area contributed by atoms with Crippen LogP contribution in [0.3, 0.4) is 0 Å². The fourth-order valence-corrected chi connectivity index (χ4v) is 3.84. The van der Waals surface area contributed by atoms with Gasteiger partial charge in [-0.1, -0.05) is 55.0 Å². The molecule has 0 radical (unpaired) electrons. The summed E-state index contributed by atoms with van der Waals surface area (Å²) in [6.45, 7) is 8.55. The Kier molecular flexibility index (Phi) is 5.05. The number of rotatable bonds is 5. The Morgan fingerprint density at radius 2 is 2.00 bits per heavy atom. The highest BCUT2D eigenvalue weighted by atomic mass is 32.1. The Morgan fingerprint density at radius 1 is 1.18 bits per heavy atom. The Morgan fingerprint density at radius 3 is 2.68 bits per heavy atom. The van der Waals surface area contributed by atoms with E-state index in [1.807, 2.05) is 6.92 Å². The van der Waals surface area contributed by atoms with Crippen LogP contribution in [0, 0.1) is 6.92 Å². The Hall–Kier alpha value is -1.46. The number of hydrogen-bond acceptors (Lipinski definition) is 5. The van der Waals surface area contributed by atoms with Crippen molar-refractivity contribution in [2.24, 2.45) is 0 Å². The van der Waals surface area contributed by atoms with Crippen LogP contribution in [0.2, 0.25) is 0 Å². The van der Waals surface area contributed by atoms with E-state index in [2.05, 4.69) is 57.3 Å². The first-order valence-electron chi connectivity index (χ1n) is 8.09. The zero-order chi connectivity index (χ0) is 15.4. The lowest BCUT2D eigenvalue weighted by Gasteiger charge is -2.41. The van der Waals surface area contributed by atoms with E-state index < -0.39 is 0 Å². The van der Waals surface area contributed by atoms with E-state index in [0.717, 1.165) is 36.3 Å². The third kappa shape index (κ3) is 3.65.